The van der Waals surface area contributed by atoms with Gasteiger partial charge >= 0.3 is 5.97 Å². The lowest BCUT2D eigenvalue weighted by Crippen LogP contribution is -2.00. The molecule has 0 bridgehead atoms. The third-order valence-electron chi connectivity index (χ3n) is 2.13. The number of rotatable bonds is 2. The standard InChI is InChI=1S/C8H7ClN2O2/c9-7-3-10-6(2-11-7)4-1-5(4)8(12)13/h2-5H,1H2,(H,12,13)/t4?,5-/m1/s1. The van der Waals surface area contributed by atoms with Crippen molar-refractivity contribution in [3.8, 4) is 0 Å². The molecule has 0 aromatic carbocycles. The number of carbonyl (C=O) groups is 1. The Labute approximate surface area is 79.6 Å². The molecule has 13 heavy (non-hydrogen) atoms. The number of hydrogen-bond donors (Lipinski definition) is 1. The average molecular weight is 199 g/mol. The molecule has 2 atom stereocenters. The van der Waals surface area contributed by atoms with E-state index in [-0.39, 0.29) is 11.8 Å². The SMILES string of the molecule is O=C(O)[C@@H]1CC1c1cnc(Cl)cn1. The maximum atomic E-state index is 10.5. The maximum absolute atomic E-state index is 10.5. The fraction of sp³-hybridized carbons (Fsp3) is 0.375. The van der Waals surface area contributed by atoms with Gasteiger partial charge in [0.25, 0.3) is 0 Å². The summed E-state index contributed by atoms with van der Waals surface area (Å²) in [4.78, 5) is 18.4. The smallest absolute Gasteiger partial charge is 0.307 e. The Balaban J connectivity index is 2.12. The Morgan fingerprint density at radius 2 is 2.31 bits per heavy atom. The number of carboxylic acids is 1. The van der Waals surface area contributed by atoms with Gasteiger partial charge < -0.3 is 5.11 Å². The summed E-state index contributed by atoms with van der Waals surface area (Å²) in [5.41, 5.74) is 0.719. The zero-order valence-electron chi connectivity index (χ0n) is 6.64. The molecule has 0 spiro atoms. The van der Waals surface area contributed by atoms with Crippen molar-refractivity contribution in [2.24, 2.45) is 5.92 Å². The van der Waals surface area contributed by atoms with E-state index < -0.39 is 5.97 Å². The molecular formula is C8H7ClN2O2. The molecule has 0 aliphatic heterocycles. The summed E-state index contributed by atoms with van der Waals surface area (Å²) >= 11 is 5.55. The van der Waals surface area contributed by atoms with Gasteiger partial charge in [-0.3, -0.25) is 9.78 Å². The molecule has 5 heteroatoms. The number of aromatic nitrogens is 2. The lowest BCUT2D eigenvalue weighted by Gasteiger charge is -1.95. The lowest BCUT2D eigenvalue weighted by atomic mass is 10.2. The third kappa shape index (κ3) is 1.62. The monoisotopic (exact) mass is 198 g/mol. The number of halogens is 1. The van der Waals surface area contributed by atoms with Gasteiger partial charge in [0.05, 0.1) is 24.0 Å². The van der Waals surface area contributed by atoms with Crippen molar-refractivity contribution in [3.63, 3.8) is 0 Å². The van der Waals surface area contributed by atoms with Crippen LogP contribution in [-0.2, 0) is 4.79 Å². The second-order valence-electron chi connectivity index (χ2n) is 3.05. The summed E-state index contributed by atoms with van der Waals surface area (Å²) in [6, 6.07) is 0. The summed E-state index contributed by atoms with van der Waals surface area (Å²) in [5.74, 6) is -1.01. The van der Waals surface area contributed by atoms with Gasteiger partial charge in [-0.15, -0.1) is 0 Å². The Morgan fingerprint density at radius 3 is 2.77 bits per heavy atom. The molecule has 1 aliphatic carbocycles. The number of aliphatic carboxylic acids is 1. The minimum absolute atomic E-state index is 0.0299. The van der Waals surface area contributed by atoms with Crippen LogP contribution in [0.4, 0.5) is 0 Å². The number of carboxylic acid groups (broad SMARTS) is 1. The fourth-order valence-electron chi connectivity index (χ4n) is 1.31. The van der Waals surface area contributed by atoms with Gasteiger partial charge in [0.2, 0.25) is 0 Å². The maximum Gasteiger partial charge on any atom is 0.307 e. The molecule has 1 aromatic rings. The van der Waals surface area contributed by atoms with Crippen LogP contribution in [0.25, 0.3) is 0 Å². The van der Waals surface area contributed by atoms with Crippen molar-refractivity contribution in [2.75, 3.05) is 0 Å². The van der Waals surface area contributed by atoms with Crippen LogP contribution in [0.15, 0.2) is 12.4 Å². The first-order valence-corrected chi connectivity index (χ1v) is 4.26. The van der Waals surface area contributed by atoms with Crippen LogP contribution < -0.4 is 0 Å². The summed E-state index contributed by atoms with van der Waals surface area (Å²) in [6.45, 7) is 0. The first kappa shape index (κ1) is 8.44. The Morgan fingerprint density at radius 1 is 1.54 bits per heavy atom. The van der Waals surface area contributed by atoms with E-state index in [9.17, 15) is 4.79 Å². The number of nitrogens with zero attached hydrogens (tertiary/aromatic N) is 2. The molecule has 4 nitrogen and oxygen atoms in total. The van der Waals surface area contributed by atoms with E-state index in [1.807, 2.05) is 0 Å². The van der Waals surface area contributed by atoms with Crippen molar-refractivity contribution < 1.29 is 9.90 Å². The van der Waals surface area contributed by atoms with E-state index in [0.717, 1.165) is 5.69 Å². The minimum atomic E-state index is -0.762. The van der Waals surface area contributed by atoms with E-state index in [2.05, 4.69) is 9.97 Å². The molecule has 0 amide bonds. The van der Waals surface area contributed by atoms with Gasteiger partial charge in [0, 0.05) is 5.92 Å². The highest BCUT2D eigenvalue weighted by molar-refractivity contribution is 6.29. The number of hydrogen-bond acceptors (Lipinski definition) is 3. The Bertz CT molecular complexity index is 339. The summed E-state index contributed by atoms with van der Waals surface area (Å²) in [7, 11) is 0. The summed E-state index contributed by atoms with van der Waals surface area (Å²) in [5, 5.41) is 9.00. The van der Waals surface area contributed by atoms with Crippen LogP contribution in [-0.4, -0.2) is 21.0 Å². The second-order valence-corrected chi connectivity index (χ2v) is 3.44. The Hall–Kier alpha value is -1.16. The molecule has 1 aliphatic rings. The van der Waals surface area contributed by atoms with Crippen molar-refractivity contribution in [1.29, 1.82) is 0 Å². The molecular weight excluding hydrogens is 192 g/mol. The van der Waals surface area contributed by atoms with Crippen molar-refractivity contribution in [2.45, 2.75) is 12.3 Å². The Kier molecular flexibility index (Phi) is 1.92. The van der Waals surface area contributed by atoms with Gasteiger partial charge in [0.15, 0.2) is 0 Å². The molecule has 1 unspecified atom stereocenters. The highest BCUT2D eigenvalue weighted by Gasteiger charge is 2.45. The van der Waals surface area contributed by atoms with Crippen molar-refractivity contribution >= 4 is 17.6 Å². The highest BCUT2D eigenvalue weighted by atomic mass is 35.5. The molecule has 1 heterocycles. The van der Waals surface area contributed by atoms with Gasteiger partial charge in [0.1, 0.15) is 5.15 Å². The summed E-state index contributed by atoms with van der Waals surface area (Å²) in [6.07, 6.45) is 3.63. The van der Waals surface area contributed by atoms with Gasteiger partial charge in [-0.1, -0.05) is 11.6 Å². The highest BCUT2D eigenvalue weighted by Crippen LogP contribution is 2.46. The molecule has 1 fully saturated rings. The lowest BCUT2D eigenvalue weighted by molar-refractivity contribution is -0.138. The van der Waals surface area contributed by atoms with Crippen LogP contribution in [0.2, 0.25) is 5.15 Å². The summed E-state index contributed by atoms with van der Waals surface area (Å²) < 4.78 is 0. The first-order valence-electron chi connectivity index (χ1n) is 3.88. The predicted molar refractivity (Wildman–Crippen MR) is 45.5 cm³/mol. The molecule has 1 aromatic heterocycles. The molecule has 68 valence electrons. The first-order chi connectivity index (χ1) is 6.18. The average Bonchev–Trinajstić information content (AvgIpc) is 2.85. The van der Waals surface area contributed by atoms with Crippen molar-refractivity contribution in [3.05, 3.63) is 23.2 Å². The van der Waals surface area contributed by atoms with Gasteiger partial charge in [-0.05, 0) is 6.42 Å². The minimum Gasteiger partial charge on any atom is -0.481 e. The van der Waals surface area contributed by atoms with Crippen LogP contribution in [0.3, 0.4) is 0 Å². The van der Waals surface area contributed by atoms with Gasteiger partial charge in [-0.2, -0.15) is 0 Å². The fourth-order valence-corrected chi connectivity index (χ4v) is 1.41. The zero-order valence-corrected chi connectivity index (χ0v) is 7.40. The predicted octanol–water partition coefficient (Wildman–Crippen LogP) is 1.32. The van der Waals surface area contributed by atoms with Crippen LogP contribution >= 0.6 is 11.6 Å². The van der Waals surface area contributed by atoms with Crippen LogP contribution in [0.1, 0.15) is 18.0 Å². The third-order valence-corrected chi connectivity index (χ3v) is 2.32. The molecule has 2 rings (SSSR count). The molecule has 0 saturated heterocycles. The van der Waals surface area contributed by atoms with E-state index in [1.54, 1.807) is 0 Å². The molecule has 1 saturated carbocycles. The zero-order chi connectivity index (χ0) is 9.42. The quantitative estimate of drug-likeness (QED) is 0.779. The van der Waals surface area contributed by atoms with E-state index in [1.165, 1.54) is 12.4 Å². The van der Waals surface area contributed by atoms with E-state index >= 15 is 0 Å². The van der Waals surface area contributed by atoms with E-state index in [0.29, 0.717) is 11.6 Å². The second kappa shape index (κ2) is 2.96. The van der Waals surface area contributed by atoms with Crippen molar-refractivity contribution in [1.82, 2.24) is 9.97 Å². The normalized spacial score (nSPS) is 25.6. The molecule has 0 radical (unpaired) electrons. The van der Waals surface area contributed by atoms with Crippen LogP contribution in [0.5, 0.6) is 0 Å². The largest absolute Gasteiger partial charge is 0.481 e. The van der Waals surface area contributed by atoms with Gasteiger partial charge in [-0.25, -0.2) is 4.98 Å². The topological polar surface area (TPSA) is 63.1 Å². The molecule has 1 N–H and O–H groups in total. The van der Waals surface area contributed by atoms with Crippen LogP contribution in [0, 0.1) is 5.92 Å². The van der Waals surface area contributed by atoms with E-state index in [4.69, 9.17) is 16.7 Å².